The Kier molecular flexibility index (Phi) is 7.51. The first-order chi connectivity index (χ1) is 25.0. The minimum absolute atomic E-state index is 0.0867. The maximum Gasteiger partial charge on any atom is 0.160 e. The van der Waals surface area contributed by atoms with Crippen LogP contribution in [-0.4, -0.2) is 9.97 Å². The molecule has 8 aromatic rings. The van der Waals surface area contributed by atoms with E-state index in [0.717, 1.165) is 45.0 Å². The van der Waals surface area contributed by atoms with Crippen molar-refractivity contribution in [3.05, 3.63) is 193 Å². The Morgan fingerprint density at radius 2 is 0.804 bits per heavy atom. The van der Waals surface area contributed by atoms with Gasteiger partial charge in [0.1, 0.15) is 0 Å². The summed E-state index contributed by atoms with van der Waals surface area (Å²) in [4.78, 5) is 10.1. The topological polar surface area (TPSA) is 25.8 Å². The van der Waals surface area contributed by atoms with Gasteiger partial charge in [0.05, 0.1) is 11.4 Å². The van der Waals surface area contributed by atoms with E-state index >= 15 is 0 Å². The summed E-state index contributed by atoms with van der Waals surface area (Å²) in [6.45, 7) is 4.70. The lowest BCUT2D eigenvalue weighted by atomic mass is 9.80. The van der Waals surface area contributed by atoms with Gasteiger partial charge in [-0.3, -0.25) is 0 Å². The molecule has 1 aromatic heterocycles. The number of hydrogen-bond donors (Lipinski definition) is 0. The van der Waals surface area contributed by atoms with Crippen LogP contribution in [0.5, 0.6) is 0 Å². The first-order valence-electron chi connectivity index (χ1n) is 17.6. The average Bonchev–Trinajstić information content (AvgIpc) is 3.43. The van der Waals surface area contributed by atoms with E-state index in [1.807, 2.05) is 24.3 Å². The fourth-order valence-electron chi connectivity index (χ4n) is 7.64. The molecule has 0 atom stereocenters. The zero-order valence-electron chi connectivity index (χ0n) is 28.7. The summed E-state index contributed by atoms with van der Waals surface area (Å²) in [5.41, 5.74) is 17.5. The molecule has 0 bridgehead atoms. The van der Waals surface area contributed by atoms with Crippen molar-refractivity contribution in [1.82, 2.24) is 9.97 Å². The number of aromatic nitrogens is 2. The van der Waals surface area contributed by atoms with E-state index in [1.165, 1.54) is 44.5 Å². The van der Waals surface area contributed by atoms with E-state index in [9.17, 15) is 0 Å². The molecule has 0 saturated heterocycles. The molecule has 1 aliphatic rings. The predicted molar refractivity (Wildman–Crippen MR) is 212 cm³/mol. The first kappa shape index (κ1) is 30.7. The van der Waals surface area contributed by atoms with Crippen molar-refractivity contribution in [2.75, 3.05) is 0 Å². The van der Waals surface area contributed by atoms with Crippen LogP contribution < -0.4 is 0 Å². The summed E-state index contributed by atoms with van der Waals surface area (Å²) in [5.74, 6) is 0.717. The highest BCUT2D eigenvalue weighted by Gasteiger charge is 2.36. The van der Waals surface area contributed by atoms with Crippen LogP contribution in [0.25, 0.3) is 78.4 Å². The highest BCUT2D eigenvalue weighted by Crippen LogP contribution is 2.52. The molecule has 2 nitrogen and oxygen atoms in total. The number of hydrogen-bond acceptors (Lipinski definition) is 2. The van der Waals surface area contributed by atoms with Gasteiger partial charge in [0.25, 0.3) is 0 Å². The second kappa shape index (κ2) is 12.5. The van der Waals surface area contributed by atoms with Gasteiger partial charge in [-0.1, -0.05) is 166 Å². The molecule has 0 N–H and O–H groups in total. The Bertz CT molecular complexity index is 2480. The van der Waals surface area contributed by atoms with Crippen molar-refractivity contribution < 1.29 is 0 Å². The minimum Gasteiger partial charge on any atom is -0.228 e. The fourth-order valence-corrected chi connectivity index (χ4v) is 7.64. The van der Waals surface area contributed by atoms with Crippen molar-refractivity contribution >= 4 is 0 Å². The molecule has 0 spiro atoms. The van der Waals surface area contributed by atoms with E-state index < -0.39 is 0 Å². The molecule has 0 radical (unpaired) electrons. The van der Waals surface area contributed by atoms with Crippen LogP contribution in [0, 0.1) is 0 Å². The predicted octanol–water partition coefficient (Wildman–Crippen LogP) is 12.8. The minimum atomic E-state index is -0.0867. The zero-order valence-corrected chi connectivity index (χ0v) is 28.7. The zero-order chi connectivity index (χ0) is 34.4. The molecular formula is C49H36N2. The van der Waals surface area contributed by atoms with E-state index in [4.69, 9.17) is 9.97 Å². The largest absolute Gasteiger partial charge is 0.228 e. The third-order valence-corrected chi connectivity index (χ3v) is 10.3. The summed E-state index contributed by atoms with van der Waals surface area (Å²) < 4.78 is 0. The van der Waals surface area contributed by atoms with E-state index in [2.05, 4.69) is 172 Å². The monoisotopic (exact) mass is 652 g/mol. The van der Waals surface area contributed by atoms with Crippen molar-refractivity contribution in [3.63, 3.8) is 0 Å². The summed E-state index contributed by atoms with van der Waals surface area (Å²) >= 11 is 0. The van der Waals surface area contributed by atoms with Gasteiger partial charge in [0, 0.05) is 22.1 Å². The molecule has 0 unspecified atom stereocenters. The fraction of sp³-hybridized carbons (Fsp3) is 0.0612. The second-order valence-corrected chi connectivity index (χ2v) is 13.8. The number of benzene rings is 7. The maximum absolute atomic E-state index is 5.10. The van der Waals surface area contributed by atoms with Gasteiger partial charge >= 0.3 is 0 Å². The van der Waals surface area contributed by atoms with E-state index in [0.29, 0.717) is 0 Å². The SMILES string of the molecule is CC1(C)c2ccccc2-c2cc(-c3ccccc3)c(-c3cccc(-c4cccc(-c5cc(-c6ccccc6)nc(-c6ccccc6)n5)c4)c3)cc21. The molecule has 0 saturated carbocycles. The Morgan fingerprint density at radius 3 is 1.49 bits per heavy atom. The highest BCUT2D eigenvalue weighted by molar-refractivity contribution is 5.93. The molecule has 0 fully saturated rings. The van der Waals surface area contributed by atoms with Crippen molar-refractivity contribution in [3.8, 4) is 78.4 Å². The summed E-state index contributed by atoms with van der Waals surface area (Å²) in [5, 5.41) is 0. The van der Waals surface area contributed by atoms with Gasteiger partial charge in [-0.15, -0.1) is 0 Å². The second-order valence-electron chi connectivity index (χ2n) is 13.8. The van der Waals surface area contributed by atoms with E-state index in [1.54, 1.807) is 0 Å². The number of fused-ring (bicyclic) bond motifs is 3. The van der Waals surface area contributed by atoms with Gasteiger partial charge < -0.3 is 0 Å². The first-order valence-corrected chi connectivity index (χ1v) is 17.6. The van der Waals surface area contributed by atoms with Gasteiger partial charge in [-0.05, 0) is 86.0 Å². The van der Waals surface area contributed by atoms with Crippen molar-refractivity contribution in [2.45, 2.75) is 19.3 Å². The van der Waals surface area contributed by atoms with Gasteiger partial charge in [-0.25, -0.2) is 9.97 Å². The quantitative estimate of drug-likeness (QED) is 0.179. The molecule has 9 rings (SSSR count). The Labute approximate surface area is 299 Å². The van der Waals surface area contributed by atoms with Crippen LogP contribution in [0.2, 0.25) is 0 Å². The lowest BCUT2D eigenvalue weighted by Crippen LogP contribution is -2.15. The third kappa shape index (κ3) is 5.56. The number of nitrogens with zero attached hydrogens (tertiary/aromatic N) is 2. The highest BCUT2D eigenvalue weighted by atomic mass is 14.9. The molecule has 2 heteroatoms. The van der Waals surface area contributed by atoms with Gasteiger partial charge in [0.2, 0.25) is 0 Å². The van der Waals surface area contributed by atoms with E-state index in [-0.39, 0.29) is 5.41 Å². The third-order valence-electron chi connectivity index (χ3n) is 10.3. The summed E-state index contributed by atoms with van der Waals surface area (Å²) in [6.07, 6.45) is 0. The number of rotatable bonds is 6. The lowest BCUT2D eigenvalue weighted by molar-refractivity contribution is 0.660. The van der Waals surface area contributed by atoms with Gasteiger partial charge in [0.15, 0.2) is 5.82 Å². The van der Waals surface area contributed by atoms with Crippen LogP contribution >= 0.6 is 0 Å². The average molecular weight is 653 g/mol. The van der Waals surface area contributed by atoms with Crippen molar-refractivity contribution in [1.29, 1.82) is 0 Å². The Morgan fingerprint density at radius 1 is 0.314 bits per heavy atom. The van der Waals surface area contributed by atoms with Crippen LogP contribution in [0.1, 0.15) is 25.0 Å². The Balaban J connectivity index is 1.16. The summed E-state index contributed by atoms with van der Waals surface area (Å²) in [7, 11) is 0. The van der Waals surface area contributed by atoms with Crippen LogP contribution in [0.3, 0.4) is 0 Å². The molecule has 1 heterocycles. The Hall–Kier alpha value is -6.38. The van der Waals surface area contributed by atoms with Crippen molar-refractivity contribution in [2.24, 2.45) is 0 Å². The van der Waals surface area contributed by atoms with Crippen LogP contribution in [0.4, 0.5) is 0 Å². The maximum atomic E-state index is 5.10. The van der Waals surface area contributed by atoms with Crippen LogP contribution in [-0.2, 0) is 5.41 Å². The molecule has 242 valence electrons. The normalized spacial score (nSPS) is 12.7. The smallest absolute Gasteiger partial charge is 0.160 e. The van der Waals surface area contributed by atoms with Gasteiger partial charge in [-0.2, -0.15) is 0 Å². The molecule has 0 aliphatic heterocycles. The molecule has 7 aromatic carbocycles. The molecule has 51 heavy (non-hydrogen) atoms. The molecule has 0 amide bonds. The molecular weight excluding hydrogens is 617 g/mol. The van der Waals surface area contributed by atoms with Crippen LogP contribution in [0.15, 0.2) is 182 Å². The lowest BCUT2D eigenvalue weighted by Gasteiger charge is -2.23. The standard InChI is InChI=1S/C49H36N2/c1-49(2)44-27-13-12-26-40(44)43-30-41(33-16-6-3-7-17-33)42(31-45(43)49)38-24-14-22-36(28-38)37-23-15-25-39(29-37)47-32-46(34-18-8-4-9-19-34)50-48(51-47)35-20-10-5-11-21-35/h3-32H,1-2H3. The summed E-state index contributed by atoms with van der Waals surface area (Å²) in [6, 6.07) is 64.9. The molecule has 1 aliphatic carbocycles.